The molecular formula is C19H23N3OS. The summed E-state index contributed by atoms with van der Waals surface area (Å²) in [4.78, 5) is 20.9. The van der Waals surface area contributed by atoms with Gasteiger partial charge in [-0.3, -0.25) is 9.69 Å². The van der Waals surface area contributed by atoms with Crippen molar-refractivity contribution in [3.05, 3.63) is 34.2 Å². The summed E-state index contributed by atoms with van der Waals surface area (Å²) in [5.41, 5.74) is 4.56. The molecule has 126 valence electrons. The van der Waals surface area contributed by atoms with Crippen molar-refractivity contribution in [3.63, 3.8) is 0 Å². The van der Waals surface area contributed by atoms with Gasteiger partial charge in [-0.15, -0.1) is 11.3 Å². The minimum atomic E-state index is 0.124. The second-order valence-corrected chi connectivity index (χ2v) is 7.67. The van der Waals surface area contributed by atoms with E-state index >= 15 is 0 Å². The Morgan fingerprint density at radius 1 is 1.21 bits per heavy atom. The number of nitrogens with zero attached hydrogens (tertiary/aromatic N) is 3. The molecule has 2 aliphatic heterocycles. The van der Waals surface area contributed by atoms with Crippen LogP contribution in [0.3, 0.4) is 0 Å². The molecule has 2 aliphatic rings. The molecule has 0 radical (unpaired) electrons. The highest BCUT2D eigenvalue weighted by molar-refractivity contribution is 7.09. The molecule has 1 fully saturated rings. The number of thiazole rings is 1. The molecule has 0 saturated carbocycles. The van der Waals surface area contributed by atoms with Crippen molar-refractivity contribution < 1.29 is 4.79 Å². The van der Waals surface area contributed by atoms with Crippen LogP contribution in [0.15, 0.2) is 23.6 Å². The van der Waals surface area contributed by atoms with Gasteiger partial charge in [-0.05, 0) is 50.0 Å². The summed E-state index contributed by atoms with van der Waals surface area (Å²) in [5, 5.41) is 3.37. The minimum Gasteiger partial charge on any atom is -0.312 e. The van der Waals surface area contributed by atoms with Gasteiger partial charge in [-0.25, -0.2) is 4.98 Å². The molecule has 0 aliphatic carbocycles. The SMILES string of the molecule is CC(=O)N1CCc2cc(-c3csc(CN4CCCCC4)n3)ccc21. The maximum Gasteiger partial charge on any atom is 0.223 e. The van der Waals surface area contributed by atoms with E-state index in [1.165, 1.54) is 48.5 Å². The maximum atomic E-state index is 11.7. The molecule has 1 aromatic carbocycles. The van der Waals surface area contributed by atoms with E-state index in [4.69, 9.17) is 4.98 Å². The lowest BCUT2D eigenvalue weighted by Crippen LogP contribution is -2.28. The highest BCUT2D eigenvalue weighted by Gasteiger charge is 2.22. The normalized spacial score (nSPS) is 18.0. The molecule has 2 aromatic rings. The third kappa shape index (κ3) is 3.10. The van der Waals surface area contributed by atoms with Crippen LogP contribution in [0, 0.1) is 0 Å². The molecule has 0 unspecified atom stereocenters. The molecule has 0 atom stereocenters. The molecule has 1 aromatic heterocycles. The Morgan fingerprint density at radius 3 is 2.83 bits per heavy atom. The molecule has 0 spiro atoms. The number of amides is 1. The second kappa shape index (κ2) is 6.65. The number of rotatable bonds is 3. The number of hydrogen-bond donors (Lipinski definition) is 0. The predicted octanol–water partition coefficient (Wildman–Crippen LogP) is 3.71. The number of piperidine rings is 1. The average Bonchev–Trinajstić information content (AvgIpc) is 3.22. The summed E-state index contributed by atoms with van der Waals surface area (Å²) in [5.74, 6) is 0.124. The first-order valence-corrected chi connectivity index (χ1v) is 9.67. The van der Waals surface area contributed by atoms with Crippen molar-refractivity contribution in [3.8, 4) is 11.3 Å². The predicted molar refractivity (Wildman–Crippen MR) is 98.4 cm³/mol. The molecule has 0 N–H and O–H groups in total. The van der Waals surface area contributed by atoms with Gasteiger partial charge in [0.05, 0.1) is 12.2 Å². The Morgan fingerprint density at radius 2 is 2.04 bits per heavy atom. The van der Waals surface area contributed by atoms with Crippen LogP contribution in [-0.4, -0.2) is 35.4 Å². The number of benzene rings is 1. The number of carbonyl (C=O) groups is 1. The summed E-state index contributed by atoms with van der Waals surface area (Å²) >= 11 is 1.76. The van der Waals surface area contributed by atoms with Gasteiger partial charge in [0, 0.05) is 30.1 Å². The highest BCUT2D eigenvalue weighted by atomic mass is 32.1. The zero-order valence-electron chi connectivity index (χ0n) is 14.1. The van der Waals surface area contributed by atoms with Gasteiger partial charge >= 0.3 is 0 Å². The van der Waals surface area contributed by atoms with Gasteiger partial charge in [0.2, 0.25) is 5.91 Å². The fourth-order valence-electron chi connectivity index (χ4n) is 3.71. The van der Waals surface area contributed by atoms with Crippen LogP contribution in [0.4, 0.5) is 5.69 Å². The average molecular weight is 341 g/mol. The van der Waals surface area contributed by atoms with Gasteiger partial charge in [0.25, 0.3) is 0 Å². The number of anilines is 1. The lowest BCUT2D eigenvalue weighted by atomic mass is 10.1. The molecule has 0 bridgehead atoms. The number of aromatic nitrogens is 1. The lowest BCUT2D eigenvalue weighted by Gasteiger charge is -2.25. The van der Waals surface area contributed by atoms with Crippen molar-refractivity contribution in [1.29, 1.82) is 0 Å². The van der Waals surface area contributed by atoms with Gasteiger partial charge in [-0.2, -0.15) is 0 Å². The summed E-state index contributed by atoms with van der Waals surface area (Å²) in [7, 11) is 0. The Hall–Kier alpha value is -1.72. The van der Waals surface area contributed by atoms with Gasteiger partial charge in [-0.1, -0.05) is 12.5 Å². The highest BCUT2D eigenvalue weighted by Crippen LogP contribution is 2.33. The summed E-state index contributed by atoms with van der Waals surface area (Å²) in [6, 6.07) is 6.38. The quantitative estimate of drug-likeness (QED) is 0.854. The van der Waals surface area contributed by atoms with E-state index < -0.39 is 0 Å². The van der Waals surface area contributed by atoms with E-state index in [1.54, 1.807) is 18.3 Å². The molecule has 5 heteroatoms. The van der Waals surface area contributed by atoms with Crippen LogP contribution in [0.5, 0.6) is 0 Å². The first-order chi connectivity index (χ1) is 11.7. The van der Waals surface area contributed by atoms with E-state index in [0.717, 1.165) is 30.9 Å². The third-order valence-corrected chi connectivity index (χ3v) is 5.84. The molecule has 4 rings (SSSR count). The van der Waals surface area contributed by atoms with E-state index in [1.807, 2.05) is 4.90 Å². The van der Waals surface area contributed by atoms with Crippen molar-refractivity contribution >= 4 is 22.9 Å². The van der Waals surface area contributed by atoms with Gasteiger partial charge in [0.15, 0.2) is 0 Å². The number of fused-ring (bicyclic) bond motifs is 1. The van der Waals surface area contributed by atoms with Crippen LogP contribution in [-0.2, 0) is 17.8 Å². The minimum absolute atomic E-state index is 0.124. The van der Waals surface area contributed by atoms with E-state index in [-0.39, 0.29) is 5.91 Å². The summed E-state index contributed by atoms with van der Waals surface area (Å²) in [6.07, 6.45) is 4.94. The molecule has 1 saturated heterocycles. The zero-order chi connectivity index (χ0) is 16.5. The van der Waals surface area contributed by atoms with Crippen LogP contribution in [0.1, 0.15) is 36.8 Å². The lowest BCUT2D eigenvalue weighted by molar-refractivity contribution is -0.116. The van der Waals surface area contributed by atoms with Crippen molar-refractivity contribution in [2.45, 2.75) is 39.2 Å². The van der Waals surface area contributed by atoms with Crippen LogP contribution >= 0.6 is 11.3 Å². The molecule has 3 heterocycles. The standard InChI is InChI=1S/C19H23N3OS/c1-14(23)22-10-7-16-11-15(5-6-18(16)22)17-13-24-19(20-17)12-21-8-3-2-4-9-21/h5-6,11,13H,2-4,7-10,12H2,1H3. The monoisotopic (exact) mass is 341 g/mol. The van der Waals surface area contributed by atoms with Crippen molar-refractivity contribution in [2.75, 3.05) is 24.5 Å². The van der Waals surface area contributed by atoms with Crippen LogP contribution in [0.2, 0.25) is 0 Å². The Kier molecular flexibility index (Phi) is 4.37. The van der Waals surface area contributed by atoms with E-state index in [2.05, 4.69) is 28.5 Å². The smallest absolute Gasteiger partial charge is 0.223 e. The van der Waals surface area contributed by atoms with Crippen LogP contribution < -0.4 is 4.90 Å². The maximum absolute atomic E-state index is 11.7. The fourth-order valence-corrected chi connectivity index (χ4v) is 4.56. The number of hydrogen-bond acceptors (Lipinski definition) is 4. The number of likely N-dealkylation sites (tertiary alicyclic amines) is 1. The number of carbonyl (C=O) groups excluding carboxylic acids is 1. The van der Waals surface area contributed by atoms with Crippen LogP contribution in [0.25, 0.3) is 11.3 Å². The third-order valence-electron chi connectivity index (χ3n) is 5.01. The topological polar surface area (TPSA) is 36.4 Å². The van der Waals surface area contributed by atoms with Gasteiger partial charge in [0.1, 0.15) is 5.01 Å². The van der Waals surface area contributed by atoms with Gasteiger partial charge < -0.3 is 4.90 Å². The summed E-state index contributed by atoms with van der Waals surface area (Å²) in [6.45, 7) is 5.82. The fraction of sp³-hybridized carbons (Fsp3) is 0.474. The zero-order valence-corrected chi connectivity index (χ0v) is 14.9. The molecule has 1 amide bonds. The molecular weight excluding hydrogens is 318 g/mol. The van der Waals surface area contributed by atoms with E-state index in [9.17, 15) is 4.79 Å². The summed E-state index contributed by atoms with van der Waals surface area (Å²) < 4.78 is 0. The van der Waals surface area contributed by atoms with Crippen molar-refractivity contribution in [2.24, 2.45) is 0 Å². The Labute approximate surface area is 147 Å². The Bertz CT molecular complexity index is 749. The molecule has 4 nitrogen and oxygen atoms in total. The van der Waals surface area contributed by atoms with E-state index in [0.29, 0.717) is 0 Å². The first kappa shape index (κ1) is 15.8. The molecule has 24 heavy (non-hydrogen) atoms. The Balaban J connectivity index is 1.51. The largest absolute Gasteiger partial charge is 0.312 e. The van der Waals surface area contributed by atoms with Crippen molar-refractivity contribution in [1.82, 2.24) is 9.88 Å². The second-order valence-electron chi connectivity index (χ2n) is 6.73. The first-order valence-electron chi connectivity index (χ1n) is 8.79.